The van der Waals surface area contributed by atoms with Gasteiger partial charge in [-0.15, -0.1) is 0 Å². The normalized spacial score (nSPS) is 23.8. The Labute approximate surface area is 95.7 Å². The van der Waals surface area contributed by atoms with Crippen LogP contribution in [-0.4, -0.2) is 58.2 Å². The van der Waals surface area contributed by atoms with E-state index in [0.717, 1.165) is 12.8 Å². The van der Waals surface area contributed by atoms with Crippen molar-refractivity contribution in [2.75, 3.05) is 32.5 Å². The van der Waals surface area contributed by atoms with Gasteiger partial charge in [-0.1, -0.05) is 0 Å². The first-order chi connectivity index (χ1) is 7.41. The van der Waals surface area contributed by atoms with Crippen molar-refractivity contribution in [3.63, 3.8) is 0 Å². The molecule has 1 saturated heterocycles. The fourth-order valence-corrected chi connectivity index (χ4v) is 1.78. The number of rotatable bonds is 4. The second-order valence-electron chi connectivity index (χ2n) is 3.91. The van der Waals surface area contributed by atoms with Crippen molar-refractivity contribution in [1.82, 2.24) is 10.6 Å². The SMILES string of the molecule is CC(C(=O)NCC1CNCCO1)S(C)(=O)=O. The van der Waals surface area contributed by atoms with E-state index in [0.29, 0.717) is 19.7 Å². The summed E-state index contributed by atoms with van der Waals surface area (Å²) in [6.07, 6.45) is 0.972. The van der Waals surface area contributed by atoms with Crippen LogP contribution in [0.4, 0.5) is 0 Å². The van der Waals surface area contributed by atoms with Gasteiger partial charge in [0.05, 0.1) is 12.7 Å². The number of hydrogen-bond donors (Lipinski definition) is 2. The summed E-state index contributed by atoms with van der Waals surface area (Å²) in [6, 6.07) is 0. The molecule has 1 rings (SSSR count). The molecule has 0 spiro atoms. The van der Waals surface area contributed by atoms with Crippen LogP contribution >= 0.6 is 0 Å². The van der Waals surface area contributed by atoms with Crippen molar-refractivity contribution >= 4 is 15.7 Å². The zero-order valence-corrected chi connectivity index (χ0v) is 10.3. The molecule has 7 heteroatoms. The highest BCUT2D eigenvalue weighted by Gasteiger charge is 2.24. The molecule has 0 radical (unpaired) electrons. The van der Waals surface area contributed by atoms with E-state index >= 15 is 0 Å². The van der Waals surface area contributed by atoms with Gasteiger partial charge in [0.2, 0.25) is 5.91 Å². The van der Waals surface area contributed by atoms with Gasteiger partial charge in [-0.05, 0) is 6.92 Å². The van der Waals surface area contributed by atoms with E-state index in [2.05, 4.69) is 10.6 Å². The summed E-state index contributed by atoms with van der Waals surface area (Å²) in [5.74, 6) is -0.475. The van der Waals surface area contributed by atoms with E-state index in [1.54, 1.807) is 0 Å². The Morgan fingerprint density at radius 2 is 2.31 bits per heavy atom. The van der Waals surface area contributed by atoms with E-state index in [-0.39, 0.29) is 6.10 Å². The summed E-state index contributed by atoms with van der Waals surface area (Å²) in [7, 11) is -3.32. The predicted octanol–water partition coefficient (Wildman–Crippen LogP) is -1.48. The maximum absolute atomic E-state index is 11.5. The highest BCUT2D eigenvalue weighted by atomic mass is 32.2. The summed E-state index contributed by atoms with van der Waals surface area (Å²) < 4.78 is 27.6. The molecule has 0 aromatic rings. The zero-order chi connectivity index (χ0) is 12.2. The molecule has 0 saturated carbocycles. The van der Waals surface area contributed by atoms with Gasteiger partial charge < -0.3 is 15.4 Å². The van der Waals surface area contributed by atoms with Gasteiger partial charge in [0.1, 0.15) is 5.25 Å². The topological polar surface area (TPSA) is 84.5 Å². The maximum atomic E-state index is 11.5. The molecule has 2 unspecified atom stereocenters. The van der Waals surface area contributed by atoms with Crippen molar-refractivity contribution in [3.8, 4) is 0 Å². The summed E-state index contributed by atoms with van der Waals surface area (Å²) in [6.45, 7) is 3.82. The second kappa shape index (κ2) is 5.60. The molecule has 0 aliphatic carbocycles. The van der Waals surface area contributed by atoms with Crippen LogP contribution in [0.3, 0.4) is 0 Å². The molecule has 2 atom stereocenters. The fraction of sp³-hybridized carbons (Fsp3) is 0.889. The number of carbonyl (C=O) groups excluding carboxylic acids is 1. The minimum Gasteiger partial charge on any atom is -0.374 e. The van der Waals surface area contributed by atoms with E-state index in [1.165, 1.54) is 6.92 Å². The van der Waals surface area contributed by atoms with Crippen molar-refractivity contribution < 1.29 is 17.9 Å². The van der Waals surface area contributed by atoms with Gasteiger partial charge >= 0.3 is 0 Å². The Bertz CT molecular complexity index is 335. The molecule has 94 valence electrons. The second-order valence-corrected chi connectivity index (χ2v) is 6.28. The molecule has 16 heavy (non-hydrogen) atoms. The molecular formula is C9H18N2O4S. The predicted molar refractivity (Wildman–Crippen MR) is 59.9 cm³/mol. The molecule has 0 bridgehead atoms. The highest BCUT2D eigenvalue weighted by molar-refractivity contribution is 7.92. The van der Waals surface area contributed by atoms with E-state index < -0.39 is 21.0 Å². The number of morpholine rings is 1. The molecule has 0 aromatic carbocycles. The van der Waals surface area contributed by atoms with Crippen LogP contribution in [0.1, 0.15) is 6.92 Å². The van der Waals surface area contributed by atoms with Gasteiger partial charge in [0.15, 0.2) is 9.84 Å². The van der Waals surface area contributed by atoms with E-state index in [1.807, 2.05) is 0 Å². The molecule has 2 N–H and O–H groups in total. The van der Waals surface area contributed by atoms with Crippen LogP contribution in [0, 0.1) is 0 Å². The van der Waals surface area contributed by atoms with Crippen molar-refractivity contribution in [3.05, 3.63) is 0 Å². The first kappa shape index (κ1) is 13.4. The van der Waals surface area contributed by atoms with Gasteiger partial charge in [0, 0.05) is 25.9 Å². The maximum Gasteiger partial charge on any atom is 0.238 e. The quantitative estimate of drug-likeness (QED) is 0.636. The summed E-state index contributed by atoms with van der Waals surface area (Å²) in [5, 5.41) is 4.69. The number of sulfone groups is 1. The van der Waals surface area contributed by atoms with Crippen molar-refractivity contribution in [2.45, 2.75) is 18.3 Å². The third kappa shape index (κ3) is 4.07. The lowest BCUT2D eigenvalue weighted by Gasteiger charge is -2.24. The van der Waals surface area contributed by atoms with Gasteiger partial charge in [-0.25, -0.2) is 8.42 Å². The van der Waals surface area contributed by atoms with Crippen LogP contribution in [0.25, 0.3) is 0 Å². The largest absolute Gasteiger partial charge is 0.374 e. The Morgan fingerprint density at radius 3 is 2.81 bits per heavy atom. The molecule has 1 heterocycles. The van der Waals surface area contributed by atoms with Crippen LogP contribution in [-0.2, 0) is 19.4 Å². The molecular weight excluding hydrogens is 232 g/mol. The third-order valence-corrected chi connectivity index (χ3v) is 4.02. The number of carbonyl (C=O) groups is 1. The Kier molecular flexibility index (Phi) is 4.69. The van der Waals surface area contributed by atoms with Gasteiger partial charge in [0.25, 0.3) is 0 Å². The number of ether oxygens (including phenoxy) is 1. The molecule has 1 aliphatic heterocycles. The summed E-state index contributed by atoms with van der Waals surface area (Å²) in [5.41, 5.74) is 0. The van der Waals surface area contributed by atoms with Gasteiger partial charge in [-0.3, -0.25) is 4.79 Å². The molecule has 0 aromatic heterocycles. The van der Waals surface area contributed by atoms with E-state index in [9.17, 15) is 13.2 Å². The fourth-order valence-electron chi connectivity index (χ4n) is 1.30. The Morgan fingerprint density at radius 1 is 1.62 bits per heavy atom. The first-order valence-electron chi connectivity index (χ1n) is 5.20. The number of hydrogen-bond acceptors (Lipinski definition) is 5. The third-order valence-electron chi connectivity index (χ3n) is 2.52. The van der Waals surface area contributed by atoms with E-state index in [4.69, 9.17) is 4.74 Å². The molecule has 1 amide bonds. The van der Waals surface area contributed by atoms with Gasteiger partial charge in [-0.2, -0.15) is 0 Å². The van der Waals surface area contributed by atoms with Crippen LogP contribution in [0.5, 0.6) is 0 Å². The van der Waals surface area contributed by atoms with Crippen molar-refractivity contribution in [2.24, 2.45) is 0 Å². The van der Waals surface area contributed by atoms with Crippen molar-refractivity contribution in [1.29, 1.82) is 0 Å². The smallest absolute Gasteiger partial charge is 0.238 e. The van der Waals surface area contributed by atoms with Crippen LogP contribution in [0.15, 0.2) is 0 Å². The first-order valence-corrected chi connectivity index (χ1v) is 7.15. The minimum absolute atomic E-state index is 0.0792. The summed E-state index contributed by atoms with van der Waals surface area (Å²) in [4.78, 5) is 11.5. The average Bonchev–Trinajstić information content (AvgIpc) is 2.25. The monoisotopic (exact) mass is 250 g/mol. The lowest BCUT2D eigenvalue weighted by molar-refractivity contribution is -0.121. The lowest BCUT2D eigenvalue weighted by Crippen LogP contribution is -2.47. The Balaban J connectivity index is 2.34. The Hall–Kier alpha value is -0.660. The lowest BCUT2D eigenvalue weighted by atomic mass is 10.3. The summed E-state index contributed by atoms with van der Waals surface area (Å²) >= 11 is 0. The molecule has 6 nitrogen and oxygen atoms in total. The standard InChI is InChI=1S/C9H18N2O4S/c1-7(16(2,13)14)9(12)11-6-8-5-10-3-4-15-8/h7-8,10H,3-6H2,1-2H3,(H,11,12). The highest BCUT2D eigenvalue weighted by Crippen LogP contribution is 1.99. The number of amides is 1. The molecule has 1 fully saturated rings. The zero-order valence-electron chi connectivity index (χ0n) is 9.52. The minimum atomic E-state index is -3.32. The van der Waals surface area contributed by atoms with Crippen LogP contribution < -0.4 is 10.6 Å². The number of nitrogens with one attached hydrogen (secondary N) is 2. The van der Waals surface area contributed by atoms with Crippen LogP contribution in [0.2, 0.25) is 0 Å². The average molecular weight is 250 g/mol. The molecule has 1 aliphatic rings.